The zero-order valence-corrected chi connectivity index (χ0v) is 21.2. The molecule has 32 heavy (non-hydrogen) atoms. The molecule has 1 aromatic carbocycles. The molecular weight excluding hydrogens is 388 g/mol. The summed E-state index contributed by atoms with van der Waals surface area (Å²) in [7, 11) is 0. The van der Waals surface area contributed by atoms with E-state index in [4.69, 9.17) is 0 Å². The van der Waals surface area contributed by atoms with Crippen LogP contribution in [0.25, 0.3) is 11.4 Å². The Morgan fingerprint density at radius 1 is 0.625 bits per heavy atom. The van der Waals surface area contributed by atoms with Crippen molar-refractivity contribution in [3.05, 3.63) is 47.8 Å². The van der Waals surface area contributed by atoms with Gasteiger partial charge >= 0.3 is 0 Å². The lowest BCUT2D eigenvalue weighted by molar-refractivity contribution is 0.475. The molecule has 2 rings (SSSR count). The Kier molecular flexibility index (Phi) is 14.0. The highest BCUT2D eigenvalue weighted by Crippen LogP contribution is 2.18. The summed E-state index contributed by atoms with van der Waals surface area (Å²) in [4.78, 5) is 9.27. The van der Waals surface area contributed by atoms with E-state index in [2.05, 4.69) is 55.0 Å². The minimum absolute atomic E-state index is 0.848. The first-order valence-electron chi connectivity index (χ1n) is 13.6. The van der Waals surface area contributed by atoms with E-state index in [0.29, 0.717) is 0 Å². The van der Waals surface area contributed by atoms with E-state index in [1.807, 2.05) is 12.4 Å². The third-order valence-corrected chi connectivity index (χ3v) is 6.85. The first kappa shape index (κ1) is 26.6. The molecule has 0 bridgehead atoms. The van der Waals surface area contributed by atoms with Crippen molar-refractivity contribution in [3.63, 3.8) is 0 Å². The fraction of sp³-hybridized carbons (Fsp3) is 0.667. The van der Waals surface area contributed by atoms with E-state index >= 15 is 0 Å². The van der Waals surface area contributed by atoms with E-state index < -0.39 is 0 Å². The molecule has 0 aliphatic carbocycles. The van der Waals surface area contributed by atoms with Gasteiger partial charge in [0.05, 0.1) is 0 Å². The molecule has 178 valence electrons. The number of hydrogen-bond donors (Lipinski definition) is 0. The summed E-state index contributed by atoms with van der Waals surface area (Å²) in [5.41, 5.74) is 3.83. The number of aryl methyl sites for hydroxylation is 2. The molecule has 0 amide bonds. The maximum absolute atomic E-state index is 4.63. The molecule has 1 unspecified atom stereocenters. The highest BCUT2D eigenvalue weighted by Gasteiger charge is 2.03. The number of hydrogen-bond acceptors (Lipinski definition) is 2. The van der Waals surface area contributed by atoms with Gasteiger partial charge in [-0.3, -0.25) is 0 Å². The summed E-state index contributed by atoms with van der Waals surface area (Å²) in [5, 5.41) is 0. The maximum atomic E-state index is 4.63. The van der Waals surface area contributed by atoms with Crippen molar-refractivity contribution in [2.75, 3.05) is 0 Å². The number of unbranched alkanes of at least 4 members (excludes halogenated alkanes) is 10. The van der Waals surface area contributed by atoms with Gasteiger partial charge in [-0.05, 0) is 42.7 Å². The average molecular weight is 437 g/mol. The van der Waals surface area contributed by atoms with Gasteiger partial charge < -0.3 is 0 Å². The quantitative estimate of drug-likeness (QED) is 0.217. The molecule has 1 atom stereocenters. The molecule has 0 N–H and O–H groups in total. The van der Waals surface area contributed by atoms with Crippen LogP contribution in [0, 0.1) is 5.92 Å². The monoisotopic (exact) mass is 436 g/mol. The van der Waals surface area contributed by atoms with Gasteiger partial charge in [-0.2, -0.15) is 0 Å². The fourth-order valence-electron chi connectivity index (χ4n) is 4.30. The Bertz CT molecular complexity index is 690. The molecule has 2 heteroatoms. The van der Waals surface area contributed by atoms with Crippen molar-refractivity contribution < 1.29 is 0 Å². The third-order valence-electron chi connectivity index (χ3n) is 6.85. The minimum atomic E-state index is 0.848. The van der Waals surface area contributed by atoms with Crippen LogP contribution in [0.5, 0.6) is 0 Å². The van der Waals surface area contributed by atoms with E-state index in [9.17, 15) is 0 Å². The second-order valence-corrected chi connectivity index (χ2v) is 9.80. The fourth-order valence-corrected chi connectivity index (χ4v) is 4.30. The lowest BCUT2D eigenvalue weighted by atomic mass is 9.99. The molecule has 0 fully saturated rings. The van der Waals surface area contributed by atoms with Gasteiger partial charge in [-0.15, -0.1) is 0 Å². The lowest BCUT2D eigenvalue weighted by Gasteiger charge is -2.08. The molecule has 0 saturated heterocycles. The van der Waals surface area contributed by atoms with Gasteiger partial charge in [0.1, 0.15) is 0 Å². The summed E-state index contributed by atoms with van der Waals surface area (Å²) in [6.45, 7) is 6.95. The van der Waals surface area contributed by atoms with Crippen molar-refractivity contribution in [2.24, 2.45) is 5.92 Å². The highest BCUT2D eigenvalue weighted by atomic mass is 14.9. The van der Waals surface area contributed by atoms with Crippen molar-refractivity contribution in [1.29, 1.82) is 0 Å². The Morgan fingerprint density at radius 2 is 1.16 bits per heavy atom. The lowest BCUT2D eigenvalue weighted by Crippen LogP contribution is -1.94. The van der Waals surface area contributed by atoms with Crippen LogP contribution in [-0.4, -0.2) is 9.97 Å². The molecule has 0 aliphatic heterocycles. The molecule has 2 aromatic rings. The largest absolute Gasteiger partial charge is 0.236 e. The van der Waals surface area contributed by atoms with Crippen LogP contribution in [0.1, 0.15) is 122 Å². The zero-order valence-electron chi connectivity index (χ0n) is 21.2. The summed E-state index contributed by atoms with van der Waals surface area (Å²) in [6, 6.07) is 8.89. The number of nitrogens with zero attached hydrogens (tertiary/aromatic N) is 2. The third kappa shape index (κ3) is 11.2. The first-order valence-corrected chi connectivity index (χ1v) is 13.6. The SMILES string of the molecule is CCCCCCCCCCc1cnc(-c2ccc(CCCCCCC(C)CC)cc2)nc1. The molecule has 2 nitrogen and oxygen atoms in total. The van der Waals surface area contributed by atoms with Crippen LogP contribution in [0.2, 0.25) is 0 Å². The van der Waals surface area contributed by atoms with Crippen LogP contribution in [-0.2, 0) is 12.8 Å². The maximum Gasteiger partial charge on any atom is 0.159 e. The summed E-state index contributed by atoms with van der Waals surface area (Å²) in [6.07, 6.45) is 25.3. The summed E-state index contributed by atoms with van der Waals surface area (Å²) >= 11 is 0. The van der Waals surface area contributed by atoms with Crippen molar-refractivity contribution in [2.45, 2.75) is 124 Å². The Labute approximate surface area is 198 Å². The van der Waals surface area contributed by atoms with Crippen LogP contribution in [0.4, 0.5) is 0 Å². The molecule has 0 radical (unpaired) electrons. The number of aromatic nitrogens is 2. The van der Waals surface area contributed by atoms with Crippen molar-refractivity contribution in [3.8, 4) is 11.4 Å². The summed E-state index contributed by atoms with van der Waals surface area (Å²) < 4.78 is 0. The molecular formula is C30H48N2. The second kappa shape index (κ2) is 16.9. The van der Waals surface area contributed by atoms with E-state index in [0.717, 1.165) is 23.7 Å². The van der Waals surface area contributed by atoms with E-state index in [1.54, 1.807) is 0 Å². The molecule has 1 heterocycles. The first-order chi connectivity index (χ1) is 15.7. The highest BCUT2D eigenvalue weighted by molar-refractivity contribution is 5.55. The van der Waals surface area contributed by atoms with Gasteiger partial charge in [-0.1, -0.05) is 122 Å². The standard InChI is InChI=1S/C30H48N2/c1-4-6-7-8-9-10-11-16-19-28-24-31-30(32-25-28)29-22-20-27(21-23-29)18-15-13-12-14-17-26(3)5-2/h20-26H,4-19H2,1-3H3. The zero-order chi connectivity index (χ0) is 22.9. The van der Waals surface area contributed by atoms with Crippen LogP contribution in [0.3, 0.4) is 0 Å². The predicted molar refractivity (Wildman–Crippen MR) is 140 cm³/mol. The van der Waals surface area contributed by atoms with Crippen LogP contribution in [0.15, 0.2) is 36.7 Å². The van der Waals surface area contributed by atoms with Crippen molar-refractivity contribution >= 4 is 0 Å². The average Bonchev–Trinajstić information content (AvgIpc) is 2.83. The molecule has 0 spiro atoms. The van der Waals surface area contributed by atoms with Crippen LogP contribution < -0.4 is 0 Å². The van der Waals surface area contributed by atoms with E-state index in [-0.39, 0.29) is 0 Å². The smallest absolute Gasteiger partial charge is 0.159 e. The van der Waals surface area contributed by atoms with Crippen LogP contribution >= 0.6 is 0 Å². The molecule has 0 aliphatic rings. The Morgan fingerprint density at radius 3 is 1.75 bits per heavy atom. The van der Waals surface area contributed by atoms with Gasteiger partial charge in [-0.25, -0.2) is 9.97 Å². The molecule has 1 aromatic heterocycles. The van der Waals surface area contributed by atoms with Gasteiger partial charge in [0.2, 0.25) is 0 Å². The Balaban J connectivity index is 1.63. The Hall–Kier alpha value is -1.70. The topological polar surface area (TPSA) is 25.8 Å². The van der Waals surface area contributed by atoms with Gasteiger partial charge in [0.25, 0.3) is 0 Å². The predicted octanol–water partition coefficient (Wildman–Crippen LogP) is 9.37. The number of rotatable bonds is 18. The van der Waals surface area contributed by atoms with E-state index in [1.165, 1.54) is 107 Å². The van der Waals surface area contributed by atoms with Gasteiger partial charge in [0, 0.05) is 18.0 Å². The second-order valence-electron chi connectivity index (χ2n) is 9.80. The number of benzene rings is 1. The van der Waals surface area contributed by atoms with Gasteiger partial charge in [0.15, 0.2) is 5.82 Å². The molecule has 0 saturated carbocycles. The normalized spacial score (nSPS) is 12.2. The van der Waals surface area contributed by atoms with Crippen molar-refractivity contribution in [1.82, 2.24) is 9.97 Å². The summed E-state index contributed by atoms with van der Waals surface area (Å²) in [5.74, 6) is 1.74. The minimum Gasteiger partial charge on any atom is -0.236 e.